The number of rotatable bonds is 21. The van der Waals surface area contributed by atoms with Crippen LogP contribution in [0.5, 0.6) is 0 Å². The summed E-state index contributed by atoms with van der Waals surface area (Å²) in [5.41, 5.74) is 50.8. The quantitative estimate of drug-likeness (QED) is 0.0297. The standard InChI is InChI=1S/C6H14N4O2.C6H14N2O2.C6H13NO2.C5H9NO2.2C5H11NO2.C4H9NO3.C2H5NO2/c7-4(5(11)12)2-1-3-10-6(8)9;7-4-2-1-3-5(8)6(9)10;1-4(2)3-5(7)6(8)9;7-5(8)4-2-1-3-6-4;2*1-3(2)4(6)5(7)8;1-2(6)3(5)4(7)8;3-1-2(4)5/h4H,1-3,7H2,(H,11,12)(H4,8,9,10);5H,1-4,7-8H2,(H,9,10);4-5H,3,7H2,1-2H3,(H,8,9);4,6H,1-3H2,(H,7,8);2*3-4H,6H2,1-2H3,(H,7,8);2-3,6H,5H2,1H3,(H,7,8);1,3H2,(H,4,5)/t;;;4-;;;;/m...0..../s1. The Kier molecular flexibility index (Phi) is 54.4. The molecule has 29 heteroatoms. The molecule has 0 bridgehead atoms. The summed E-state index contributed by atoms with van der Waals surface area (Å²) in [4.78, 5) is 83.4. The molecule has 0 aromatic carbocycles. The molecular weight excluding hydrogens is 908 g/mol. The van der Waals surface area contributed by atoms with Gasteiger partial charge < -0.3 is 109 Å². The lowest BCUT2D eigenvalue weighted by Crippen LogP contribution is -2.39. The fourth-order valence-electron chi connectivity index (χ4n) is 3.56. The van der Waals surface area contributed by atoms with Gasteiger partial charge in [0.25, 0.3) is 0 Å². The van der Waals surface area contributed by atoms with E-state index < -0.39 is 90.1 Å². The Morgan fingerprint density at radius 1 is 0.574 bits per heavy atom. The van der Waals surface area contributed by atoms with Crippen LogP contribution >= 0.6 is 0 Å². The Labute approximate surface area is 397 Å². The summed E-state index contributed by atoms with van der Waals surface area (Å²) in [6.45, 7) is 13.9. The molecule has 0 amide bonds. The number of hydrogen-bond acceptors (Lipinski definition) is 19. The Bertz CT molecular complexity index is 1320. The predicted molar refractivity (Wildman–Crippen MR) is 253 cm³/mol. The van der Waals surface area contributed by atoms with Crippen molar-refractivity contribution in [1.29, 1.82) is 0 Å². The fourth-order valence-corrected chi connectivity index (χ4v) is 3.56. The molecule has 1 fully saturated rings. The number of aliphatic hydroxyl groups excluding tert-OH is 1. The largest absolute Gasteiger partial charge is 0.480 e. The third-order valence-corrected chi connectivity index (χ3v) is 7.96. The number of aliphatic imine (C=N–C) groups is 1. The number of guanidine groups is 1. The molecule has 1 aliphatic heterocycles. The zero-order valence-electron chi connectivity index (χ0n) is 40.3. The number of carboxylic acids is 8. The van der Waals surface area contributed by atoms with Crippen LogP contribution in [0.15, 0.2) is 4.99 Å². The molecule has 0 aromatic rings. The van der Waals surface area contributed by atoms with Gasteiger partial charge in [-0.2, -0.15) is 0 Å². The maximum absolute atomic E-state index is 10.2. The van der Waals surface area contributed by atoms with Gasteiger partial charge in [-0.1, -0.05) is 48.0 Å². The van der Waals surface area contributed by atoms with E-state index in [-0.39, 0.29) is 30.4 Å². The normalized spacial score (nSPS) is 15.1. The van der Waals surface area contributed by atoms with Crippen LogP contribution in [0.1, 0.15) is 99.8 Å². The van der Waals surface area contributed by atoms with Gasteiger partial charge in [0, 0.05) is 6.54 Å². The summed E-state index contributed by atoms with van der Waals surface area (Å²) in [5, 5.41) is 76.8. The highest BCUT2D eigenvalue weighted by molar-refractivity contribution is 5.76. The molecule has 30 N–H and O–H groups in total. The van der Waals surface area contributed by atoms with Gasteiger partial charge in [-0.15, -0.1) is 0 Å². The van der Waals surface area contributed by atoms with Crippen LogP contribution < -0.4 is 62.7 Å². The van der Waals surface area contributed by atoms with Gasteiger partial charge >= 0.3 is 47.8 Å². The highest BCUT2D eigenvalue weighted by Gasteiger charge is 2.20. The summed E-state index contributed by atoms with van der Waals surface area (Å²) >= 11 is 0. The van der Waals surface area contributed by atoms with E-state index in [0.29, 0.717) is 44.7 Å². The molecular formula is C39H86N12O17. The molecule has 404 valence electrons. The van der Waals surface area contributed by atoms with Gasteiger partial charge in [-0.05, 0) is 82.7 Å². The third-order valence-electron chi connectivity index (χ3n) is 7.96. The van der Waals surface area contributed by atoms with Crippen molar-refractivity contribution >= 4 is 53.7 Å². The van der Waals surface area contributed by atoms with Crippen molar-refractivity contribution in [2.45, 2.75) is 148 Å². The summed E-state index contributed by atoms with van der Waals surface area (Å²) in [6.07, 6.45) is 4.48. The highest BCUT2D eigenvalue weighted by atomic mass is 16.4. The van der Waals surface area contributed by atoms with E-state index in [1.807, 2.05) is 13.8 Å². The number of aliphatic hydroxyl groups is 1. The van der Waals surface area contributed by atoms with Crippen molar-refractivity contribution in [2.24, 2.45) is 80.1 Å². The van der Waals surface area contributed by atoms with E-state index in [9.17, 15) is 38.4 Å². The first-order chi connectivity index (χ1) is 31.0. The van der Waals surface area contributed by atoms with Crippen LogP contribution in [0.25, 0.3) is 0 Å². The molecule has 1 rings (SSSR count). The summed E-state index contributed by atoms with van der Waals surface area (Å²) in [5.74, 6) is -7.16. The summed E-state index contributed by atoms with van der Waals surface area (Å²) in [6, 6.07) is -5.08. The first-order valence-electron chi connectivity index (χ1n) is 21.2. The highest BCUT2D eigenvalue weighted by Crippen LogP contribution is 2.04. The molecule has 7 unspecified atom stereocenters. The van der Waals surface area contributed by atoms with Gasteiger partial charge in [-0.25, -0.2) is 0 Å². The maximum Gasteiger partial charge on any atom is 0.323 e. The molecule has 1 heterocycles. The van der Waals surface area contributed by atoms with Gasteiger partial charge in [0.1, 0.15) is 42.3 Å². The lowest BCUT2D eigenvalue weighted by molar-refractivity contribution is -0.141. The SMILES string of the molecule is CC(C)C(N)C(=O)O.CC(C)C(N)C(=O)O.CC(C)CC(N)C(=O)O.CC(O)C(N)C(=O)O.NC(N)=NCCCC(N)C(=O)O.NCC(=O)O.NCCCCC(N)C(=O)O.O=C(O)[C@@H]1CCCN1. The first kappa shape index (κ1) is 76.9. The molecule has 0 spiro atoms. The molecule has 0 radical (unpaired) electrons. The average molecular weight is 995 g/mol. The molecule has 0 saturated carbocycles. The number of hydrogen-bond donors (Lipinski definition) is 20. The minimum atomic E-state index is -1.18. The number of nitrogens with two attached hydrogens (primary N) is 10. The smallest absolute Gasteiger partial charge is 0.323 e. The van der Waals surface area contributed by atoms with E-state index in [1.165, 1.54) is 6.92 Å². The van der Waals surface area contributed by atoms with Crippen molar-refractivity contribution in [3.63, 3.8) is 0 Å². The van der Waals surface area contributed by atoms with Crippen molar-refractivity contribution in [3.05, 3.63) is 0 Å². The molecule has 0 aromatic heterocycles. The topological polar surface area (TPSA) is 603 Å². The molecule has 1 saturated heterocycles. The Morgan fingerprint density at radius 2 is 0.941 bits per heavy atom. The van der Waals surface area contributed by atoms with Gasteiger partial charge in [-0.3, -0.25) is 43.3 Å². The second-order valence-electron chi connectivity index (χ2n) is 15.6. The van der Waals surface area contributed by atoms with E-state index in [1.54, 1.807) is 27.7 Å². The van der Waals surface area contributed by atoms with Crippen molar-refractivity contribution in [2.75, 3.05) is 26.2 Å². The van der Waals surface area contributed by atoms with Crippen molar-refractivity contribution in [1.82, 2.24) is 5.32 Å². The zero-order chi connectivity index (χ0) is 55.4. The molecule has 68 heavy (non-hydrogen) atoms. The molecule has 1 aliphatic rings. The van der Waals surface area contributed by atoms with Crippen molar-refractivity contribution < 1.29 is 84.3 Å². The van der Waals surface area contributed by atoms with Crippen LogP contribution in [0.2, 0.25) is 0 Å². The third kappa shape index (κ3) is 60.6. The fraction of sp³-hybridized carbons (Fsp3) is 0.769. The average Bonchev–Trinajstić information content (AvgIpc) is 3.78. The maximum atomic E-state index is 10.2. The van der Waals surface area contributed by atoms with E-state index >= 15 is 0 Å². The minimum absolute atomic E-state index is 0.0129. The summed E-state index contributed by atoms with van der Waals surface area (Å²) < 4.78 is 0. The van der Waals surface area contributed by atoms with Crippen LogP contribution in [-0.2, 0) is 38.4 Å². The number of nitrogens with zero attached hydrogens (tertiary/aromatic N) is 1. The number of nitrogens with one attached hydrogen (secondary N) is 1. The Morgan fingerprint density at radius 3 is 1.10 bits per heavy atom. The predicted octanol–water partition coefficient (Wildman–Crippen LogP) is -3.84. The zero-order valence-corrected chi connectivity index (χ0v) is 40.3. The van der Waals surface area contributed by atoms with Crippen molar-refractivity contribution in [3.8, 4) is 0 Å². The number of carboxylic acid groups (broad SMARTS) is 8. The lowest BCUT2D eigenvalue weighted by atomic mass is 10.1. The second-order valence-corrected chi connectivity index (χ2v) is 15.6. The van der Waals surface area contributed by atoms with Gasteiger partial charge in [0.2, 0.25) is 0 Å². The molecule has 8 atom stereocenters. The monoisotopic (exact) mass is 995 g/mol. The van der Waals surface area contributed by atoms with Crippen LogP contribution in [0.4, 0.5) is 0 Å². The van der Waals surface area contributed by atoms with Crippen LogP contribution in [0, 0.1) is 17.8 Å². The molecule has 29 nitrogen and oxygen atoms in total. The number of carbonyl (C=O) groups is 8. The Balaban J connectivity index is -0.000000126. The Hall–Kier alpha value is -5.37. The van der Waals surface area contributed by atoms with Gasteiger partial charge in [0.15, 0.2) is 5.96 Å². The first-order valence-corrected chi connectivity index (χ1v) is 21.2. The van der Waals surface area contributed by atoms with E-state index in [4.69, 9.17) is 97.6 Å². The minimum Gasteiger partial charge on any atom is -0.480 e. The lowest BCUT2D eigenvalue weighted by Gasteiger charge is -2.07. The number of aliphatic carboxylic acids is 8. The second kappa shape index (κ2) is 48.1. The molecule has 0 aliphatic carbocycles. The van der Waals surface area contributed by atoms with Crippen LogP contribution in [-0.4, -0.2) is 174 Å². The summed E-state index contributed by atoms with van der Waals surface area (Å²) in [7, 11) is 0. The number of unbranched alkanes of at least 4 members (excludes halogenated alkanes) is 1. The van der Waals surface area contributed by atoms with Gasteiger partial charge in [0.05, 0.1) is 12.6 Å². The van der Waals surface area contributed by atoms with Crippen LogP contribution in [0.3, 0.4) is 0 Å². The van der Waals surface area contributed by atoms with E-state index in [2.05, 4.69) is 16.0 Å². The van der Waals surface area contributed by atoms with E-state index in [0.717, 1.165) is 32.2 Å².